The monoisotopic (exact) mass is 189 g/mol. The summed E-state index contributed by atoms with van der Waals surface area (Å²) in [6.07, 6.45) is 5.15. The smallest absolute Gasteiger partial charge is 0.00460 e. The molecule has 0 aromatic heterocycles. The van der Waals surface area contributed by atoms with Gasteiger partial charge in [0, 0.05) is 0 Å². The van der Waals surface area contributed by atoms with Crippen molar-refractivity contribution in [2.75, 3.05) is 18.8 Å². The molecule has 2 heteroatoms. The lowest BCUT2D eigenvalue weighted by Crippen LogP contribution is -2.19. The molecule has 74 valence electrons. The summed E-state index contributed by atoms with van der Waals surface area (Å²) in [6.45, 7) is 6.77. The van der Waals surface area contributed by atoms with Gasteiger partial charge < -0.3 is 5.32 Å². The number of thiol groups is 1. The van der Waals surface area contributed by atoms with Crippen LogP contribution >= 0.6 is 12.6 Å². The van der Waals surface area contributed by atoms with E-state index in [0.29, 0.717) is 0 Å². The summed E-state index contributed by atoms with van der Waals surface area (Å²) in [4.78, 5) is 0. The van der Waals surface area contributed by atoms with Gasteiger partial charge in [0.05, 0.1) is 0 Å². The molecule has 0 spiro atoms. The molecule has 0 aromatic rings. The highest BCUT2D eigenvalue weighted by Gasteiger charge is 2.03. The van der Waals surface area contributed by atoms with Gasteiger partial charge in [-0.05, 0) is 44.0 Å². The zero-order chi connectivity index (χ0) is 9.23. The summed E-state index contributed by atoms with van der Waals surface area (Å²) in [6, 6.07) is 0. The fourth-order valence-electron chi connectivity index (χ4n) is 1.34. The molecule has 0 aliphatic rings. The van der Waals surface area contributed by atoms with Crippen LogP contribution in [-0.2, 0) is 0 Å². The lowest BCUT2D eigenvalue weighted by molar-refractivity contribution is 0.473. The largest absolute Gasteiger partial charge is 0.317 e. The first-order valence-corrected chi connectivity index (χ1v) is 5.79. The minimum Gasteiger partial charge on any atom is -0.317 e. The van der Waals surface area contributed by atoms with Gasteiger partial charge in [0.1, 0.15) is 0 Å². The van der Waals surface area contributed by atoms with Gasteiger partial charge in [-0.25, -0.2) is 0 Å². The average Bonchev–Trinajstić information content (AvgIpc) is 2.10. The molecule has 1 N–H and O–H groups in total. The quantitative estimate of drug-likeness (QED) is 0.442. The topological polar surface area (TPSA) is 12.0 Å². The van der Waals surface area contributed by atoms with Gasteiger partial charge in [-0.15, -0.1) is 0 Å². The maximum Gasteiger partial charge on any atom is -0.00460 e. The van der Waals surface area contributed by atoms with Crippen molar-refractivity contribution in [2.24, 2.45) is 5.92 Å². The third-order valence-corrected chi connectivity index (χ3v) is 2.63. The molecule has 0 aromatic carbocycles. The third kappa shape index (κ3) is 6.99. The summed E-state index contributed by atoms with van der Waals surface area (Å²) < 4.78 is 0. The van der Waals surface area contributed by atoms with Gasteiger partial charge in [0.2, 0.25) is 0 Å². The minimum atomic E-state index is 0.822. The standard InChI is InChI=1S/C10H23NS/c1-3-5-10(9-12)6-8-11-7-4-2/h10-12H,3-9H2,1-2H3. The van der Waals surface area contributed by atoms with Gasteiger partial charge >= 0.3 is 0 Å². The van der Waals surface area contributed by atoms with E-state index < -0.39 is 0 Å². The maximum atomic E-state index is 4.35. The predicted octanol–water partition coefficient (Wildman–Crippen LogP) is 2.72. The minimum absolute atomic E-state index is 0.822. The first-order valence-electron chi connectivity index (χ1n) is 5.16. The van der Waals surface area contributed by atoms with Crippen molar-refractivity contribution in [3.05, 3.63) is 0 Å². The molecule has 0 amide bonds. The van der Waals surface area contributed by atoms with Crippen LogP contribution < -0.4 is 5.32 Å². The second-order valence-corrected chi connectivity index (χ2v) is 3.74. The predicted molar refractivity (Wildman–Crippen MR) is 60.0 cm³/mol. The van der Waals surface area contributed by atoms with Crippen LogP contribution in [0.2, 0.25) is 0 Å². The summed E-state index contributed by atoms with van der Waals surface area (Å²) in [7, 11) is 0. The molecule has 1 atom stereocenters. The maximum absolute atomic E-state index is 4.35. The number of nitrogens with one attached hydrogen (secondary N) is 1. The van der Waals surface area contributed by atoms with Crippen molar-refractivity contribution in [1.82, 2.24) is 5.32 Å². The molecule has 0 aliphatic heterocycles. The normalized spacial score (nSPS) is 13.2. The Bertz CT molecular complexity index is 85.9. The highest BCUT2D eigenvalue weighted by atomic mass is 32.1. The van der Waals surface area contributed by atoms with Crippen LogP contribution in [0.4, 0.5) is 0 Å². The Morgan fingerprint density at radius 1 is 1.08 bits per heavy atom. The summed E-state index contributed by atoms with van der Waals surface area (Å²) >= 11 is 4.35. The van der Waals surface area contributed by atoms with Crippen LogP contribution in [0.15, 0.2) is 0 Å². The fourth-order valence-corrected chi connectivity index (χ4v) is 1.71. The van der Waals surface area contributed by atoms with Crippen LogP contribution in [-0.4, -0.2) is 18.8 Å². The summed E-state index contributed by atoms with van der Waals surface area (Å²) in [5, 5.41) is 3.42. The third-order valence-electron chi connectivity index (χ3n) is 2.11. The van der Waals surface area contributed by atoms with E-state index in [1.165, 1.54) is 32.2 Å². The van der Waals surface area contributed by atoms with E-state index in [0.717, 1.165) is 18.2 Å². The van der Waals surface area contributed by atoms with E-state index in [1.54, 1.807) is 0 Å². The van der Waals surface area contributed by atoms with E-state index in [1.807, 2.05) is 0 Å². The lowest BCUT2D eigenvalue weighted by Gasteiger charge is -2.12. The molecular formula is C10H23NS. The van der Waals surface area contributed by atoms with Gasteiger partial charge in [0.25, 0.3) is 0 Å². The van der Waals surface area contributed by atoms with Gasteiger partial charge in [-0.2, -0.15) is 12.6 Å². The van der Waals surface area contributed by atoms with Crippen molar-refractivity contribution in [3.63, 3.8) is 0 Å². The Morgan fingerprint density at radius 2 is 1.83 bits per heavy atom. The zero-order valence-electron chi connectivity index (χ0n) is 8.47. The Hall–Kier alpha value is 0.310. The molecule has 12 heavy (non-hydrogen) atoms. The van der Waals surface area contributed by atoms with Crippen molar-refractivity contribution in [2.45, 2.75) is 39.5 Å². The van der Waals surface area contributed by atoms with Crippen LogP contribution in [0.25, 0.3) is 0 Å². The second-order valence-electron chi connectivity index (χ2n) is 3.38. The first-order chi connectivity index (χ1) is 5.85. The number of rotatable bonds is 8. The van der Waals surface area contributed by atoms with Crippen LogP contribution in [0.5, 0.6) is 0 Å². The van der Waals surface area contributed by atoms with E-state index >= 15 is 0 Å². The van der Waals surface area contributed by atoms with E-state index in [-0.39, 0.29) is 0 Å². The Morgan fingerprint density at radius 3 is 2.33 bits per heavy atom. The summed E-state index contributed by atoms with van der Waals surface area (Å²) in [5.41, 5.74) is 0. The molecule has 0 rings (SSSR count). The van der Waals surface area contributed by atoms with Gasteiger partial charge in [-0.3, -0.25) is 0 Å². The van der Waals surface area contributed by atoms with Crippen LogP contribution in [0.1, 0.15) is 39.5 Å². The van der Waals surface area contributed by atoms with Crippen molar-refractivity contribution in [1.29, 1.82) is 0 Å². The SMILES string of the molecule is CCCNCCC(CS)CCC. The first kappa shape index (κ1) is 12.3. The van der Waals surface area contributed by atoms with Crippen molar-refractivity contribution < 1.29 is 0 Å². The molecule has 1 unspecified atom stereocenters. The zero-order valence-corrected chi connectivity index (χ0v) is 9.37. The molecule has 0 radical (unpaired) electrons. The molecule has 0 fully saturated rings. The lowest BCUT2D eigenvalue weighted by atomic mass is 10.0. The molecule has 0 saturated carbocycles. The van der Waals surface area contributed by atoms with Crippen LogP contribution in [0, 0.1) is 5.92 Å². The summed E-state index contributed by atoms with van der Waals surface area (Å²) in [5.74, 6) is 1.87. The average molecular weight is 189 g/mol. The molecule has 0 saturated heterocycles. The number of hydrogen-bond acceptors (Lipinski definition) is 2. The Labute approximate surface area is 82.7 Å². The van der Waals surface area contributed by atoms with E-state index in [2.05, 4.69) is 31.8 Å². The van der Waals surface area contributed by atoms with E-state index in [9.17, 15) is 0 Å². The van der Waals surface area contributed by atoms with Crippen molar-refractivity contribution in [3.8, 4) is 0 Å². The Kier molecular flexibility index (Phi) is 9.64. The van der Waals surface area contributed by atoms with E-state index in [4.69, 9.17) is 0 Å². The molecule has 0 bridgehead atoms. The highest BCUT2D eigenvalue weighted by molar-refractivity contribution is 7.80. The van der Waals surface area contributed by atoms with Crippen LogP contribution in [0.3, 0.4) is 0 Å². The molecule has 1 nitrogen and oxygen atoms in total. The van der Waals surface area contributed by atoms with Gasteiger partial charge in [0.15, 0.2) is 0 Å². The highest BCUT2D eigenvalue weighted by Crippen LogP contribution is 2.11. The van der Waals surface area contributed by atoms with Gasteiger partial charge in [-0.1, -0.05) is 20.3 Å². The van der Waals surface area contributed by atoms with Crippen molar-refractivity contribution >= 4 is 12.6 Å². The fraction of sp³-hybridized carbons (Fsp3) is 1.00. The Balaban J connectivity index is 3.19. The molecule has 0 aliphatic carbocycles. The second kappa shape index (κ2) is 9.40. The molecular weight excluding hydrogens is 166 g/mol. The number of hydrogen-bond donors (Lipinski definition) is 2. The molecule has 0 heterocycles.